The third kappa shape index (κ3) is 3.41. The molecule has 186 valence electrons. The van der Waals surface area contributed by atoms with Gasteiger partial charge in [-0.05, 0) is 54.0 Å². The first-order valence-electron chi connectivity index (χ1n) is 13.1. The van der Waals surface area contributed by atoms with Crippen LogP contribution in [0.2, 0.25) is 0 Å². The van der Waals surface area contributed by atoms with Crippen molar-refractivity contribution in [3.8, 4) is 6.07 Å². The summed E-state index contributed by atoms with van der Waals surface area (Å²) in [7, 11) is 2.06. The summed E-state index contributed by atoms with van der Waals surface area (Å²) in [5.74, 6) is 1.81. The SMILES string of the molecule is CN1CCN(C2=NCc3nc(N4CCC5(CC4)Cc4ccccc4[C@H]5N)cnc32)c2ccc(C#N)cc21. The molecule has 0 radical (unpaired) electrons. The molecule has 0 unspecified atom stereocenters. The van der Waals surface area contributed by atoms with Crippen LogP contribution >= 0.6 is 0 Å². The molecule has 8 nitrogen and oxygen atoms in total. The number of nitriles is 1. The van der Waals surface area contributed by atoms with Crippen molar-refractivity contribution in [2.75, 3.05) is 47.9 Å². The summed E-state index contributed by atoms with van der Waals surface area (Å²) in [4.78, 5) is 21.6. The van der Waals surface area contributed by atoms with Crippen LogP contribution in [0.1, 0.15) is 47.0 Å². The molecule has 4 aliphatic rings. The minimum atomic E-state index is 0.114. The summed E-state index contributed by atoms with van der Waals surface area (Å²) >= 11 is 0. The summed E-state index contributed by atoms with van der Waals surface area (Å²) in [6.07, 6.45) is 5.11. The molecular formula is C29H30N8. The van der Waals surface area contributed by atoms with Crippen molar-refractivity contribution in [3.05, 3.63) is 76.7 Å². The molecular weight excluding hydrogens is 460 g/mol. The highest BCUT2D eigenvalue weighted by molar-refractivity contribution is 6.12. The van der Waals surface area contributed by atoms with E-state index in [-0.39, 0.29) is 11.5 Å². The van der Waals surface area contributed by atoms with E-state index >= 15 is 0 Å². The molecule has 0 amide bonds. The van der Waals surface area contributed by atoms with Crippen LogP contribution in [-0.2, 0) is 13.0 Å². The second kappa shape index (κ2) is 8.29. The standard InChI is InChI=1S/C29H30N8/c1-35-12-13-37(23-7-6-19(16-30)14-24(23)35)28-26-22(17-33-28)34-25(18-32-26)36-10-8-29(9-11-36)15-20-4-2-3-5-21(20)27(29)31/h2-7,14,18,27H,8-13,15,17,31H2,1H3/t27-/m1/s1. The van der Waals surface area contributed by atoms with Gasteiger partial charge in [-0.3, -0.25) is 4.99 Å². The first-order chi connectivity index (χ1) is 18.1. The molecule has 0 bridgehead atoms. The molecule has 7 rings (SSSR count). The van der Waals surface area contributed by atoms with E-state index in [0.29, 0.717) is 12.1 Å². The lowest BCUT2D eigenvalue weighted by molar-refractivity contribution is 0.187. The molecule has 0 saturated carbocycles. The molecule has 3 aromatic rings. The topological polar surface area (TPSA) is 97.7 Å². The number of aliphatic imine (C=N–C) groups is 1. The lowest BCUT2D eigenvalue weighted by atomic mass is 9.73. The Labute approximate surface area is 217 Å². The number of benzene rings is 2. The van der Waals surface area contributed by atoms with Gasteiger partial charge in [0.2, 0.25) is 0 Å². The average Bonchev–Trinajstić information content (AvgIpc) is 3.48. The number of nitrogens with zero attached hydrogens (tertiary/aromatic N) is 7. The number of nitrogens with two attached hydrogens (primary N) is 1. The van der Waals surface area contributed by atoms with Crippen LogP contribution in [0.4, 0.5) is 17.2 Å². The molecule has 1 atom stereocenters. The molecule has 37 heavy (non-hydrogen) atoms. The van der Waals surface area contributed by atoms with Crippen molar-refractivity contribution < 1.29 is 0 Å². The summed E-state index contributed by atoms with van der Waals surface area (Å²) in [5.41, 5.74) is 14.2. The van der Waals surface area contributed by atoms with Gasteiger partial charge < -0.3 is 20.4 Å². The van der Waals surface area contributed by atoms with Crippen LogP contribution in [0.25, 0.3) is 0 Å². The Morgan fingerprint density at radius 3 is 2.70 bits per heavy atom. The van der Waals surface area contributed by atoms with E-state index in [9.17, 15) is 5.26 Å². The molecule has 4 heterocycles. The van der Waals surface area contributed by atoms with Crippen LogP contribution in [-0.4, -0.2) is 49.0 Å². The van der Waals surface area contributed by atoms with E-state index in [1.807, 2.05) is 24.4 Å². The second-order valence-electron chi connectivity index (χ2n) is 10.8. The zero-order valence-corrected chi connectivity index (χ0v) is 21.1. The van der Waals surface area contributed by atoms with Gasteiger partial charge in [-0.2, -0.15) is 5.26 Å². The number of amidine groups is 1. The highest BCUT2D eigenvalue weighted by Crippen LogP contribution is 2.51. The Morgan fingerprint density at radius 1 is 1.05 bits per heavy atom. The number of likely N-dealkylation sites (N-methyl/N-ethyl adjacent to an activating group) is 1. The van der Waals surface area contributed by atoms with E-state index in [1.165, 1.54) is 11.1 Å². The maximum Gasteiger partial charge on any atom is 0.156 e. The highest BCUT2D eigenvalue weighted by atomic mass is 15.3. The van der Waals surface area contributed by atoms with Gasteiger partial charge in [0.05, 0.1) is 41.4 Å². The highest BCUT2D eigenvalue weighted by Gasteiger charge is 2.46. The van der Waals surface area contributed by atoms with Crippen LogP contribution in [0, 0.1) is 16.7 Å². The zero-order chi connectivity index (χ0) is 25.1. The minimum Gasteiger partial charge on any atom is -0.371 e. The first-order valence-corrected chi connectivity index (χ1v) is 13.1. The van der Waals surface area contributed by atoms with Gasteiger partial charge in [0, 0.05) is 39.3 Å². The van der Waals surface area contributed by atoms with Gasteiger partial charge >= 0.3 is 0 Å². The predicted octanol–water partition coefficient (Wildman–Crippen LogP) is 3.41. The fraction of sp³-hybridized carbons (Fsp3) is 0.379. The number of rotatable bonds is 1. The van der Waals surface area contributed by atoms with E-state index in [1.54, 1.807) is 0 Å². The van der Waals surface area contributed by atoms with Gasteiger partial charge in [0.1, 0.15) is 11.5 Å². The van der Waals surface area contributed by atoms with Crippen molar-refractivity contribution in [2.24, 2.45) is 16.1 Å². The van der Waals surface area contributed by atoms with Crippen LogP contribution in [0.3, 0.4) is 0 Å². The van der Waals surface area contributed by atoms with Gasteiger partial charge in [-0.25, -0.2) is 9.97 Å². The number of aromatic nitrogens is 2. The lowest BCUT2D eigenvalue weighted by Crippen LogP contribution is -2.45. The molecule has 1 fully saturated rings. The second-order valence-corrected chi connectivity index (χ2v) is 10.8. The fourth-order valence-corrected chi connectivity index (χ4v) is 6.63. The average molecular weight is 491 g/mol. The van der Waals surface area contributed by atoms with E-state index in [0.717, 1.165) is 79.9 Å². The van der Waals surface area contributed by atoms with Crippen molar-refractivity contribution in [3.63, 3.8) is 0 Å². The van der Waals surface area contributed by atoms with Gasteiger partial charge in [-0.15, -0.1) is 0 Å². The normalized spacial score (nSPS) is 21.4. The van der Waals surface area contributed by atoms with Crippen LogP contribution < -0.4 is 20.4 Å². The summed E-state index contributed by atoms with van der Waals surface area (Å²) in [6, 6.07) is 16.9. The van der Waals surface area contributed by atoms with Crippen molar-refractivity contribution in [1.82, 2.24) is 9.97 Å². The maximum absolute atomic E-state index is 9.35. The fourth-order valence-electron chi connectivity index (χ4n) is 6.63. The van der Waals surface area contributed by atoms with Gasteiger partial charge in [-0.1, -0.05) is 24.3 Å². The monoisotopic (exact) mass is 490 g/mol. The molecule has 1 aromatic heterocycles. The lowest BCUT2D eigenvalue weighted by Gasteiger charge is -2.42. The minimum absolute atomic E-state index is 0.114. The summed E-state index contributed by atoms with van der Waals surface area (Å²) in [6.45, 7) is 4.09. The van der Waals surface area contributed by atoms with E-state index < -0.39 is 0 Å². The molecule has 3 aliphatic heterocycles. The first kappa shape index (κ1) is 22.3. The van der Waals surface area contributed by atoms with E-state index in [4.69, 9.17) is 20.7 Å². The number of piperidine rings is 1. The van der Waals surface area contributed by atoms with E-state index in [2.05, 4.69) is 52.1 Å². The Balaban J connectivity index is 1.10. The molecule has 1 aliphatic carbocycles. The number of anilines is 3. The van der Waals surface area contributed by atoms with Gasteiger partial charge in [0.25, 0.3) is 0 Å². The molecule has 2 N–H and O–H groups in total. The van der Waals surface area contributed by atoms with Crippen LogP contribution in [0.15, 0.2) is 53.7 Å². The Bertz CT molecular complexity index is 1460. The van der Waals surface area contributed by atoms with Crippen molar-refractivity contribution in [2.45, 2.75) is 31.8 Å². The predicted molar refractivity (Wildman–Crippen MR) is 145 cm³/mol. The van der Waals surface area contributed by atoms with Crippen molar-refractivity contribution >= 4 is 23.0 Å². The third-order valence-electron chi connectivity index (χ3n) is 8.82. The Morgan fingerprint density at radius 2 is 1.89 bits per heavy atom. The summed E-state index contributed by atoms with van der Waals surface area (Å²) < 4.78 is 0. The van der Waals surface area contributed by atoms with Gasteiger partial charge in [0.15, 0.2) is 5.84 Å². The smallest absolute Gasteiger partial charge is 0.156 e. The number of fused-ring (bicyclic) bond motifs is 3. The Kier molecular flexibility index (Phi) is 4.98. The zero-order valence-electron chi connectivity index (χ0n) is 21.1. The number of hydrogen-bond acceptors (Lipinski definition) is 8. The third-order valence-corrected chi connectivity index (χ3v) is 8.82. The quantitative estimate of drug-likeness (QED) is 0.558. The number of hydrogen-bond donors (Lipinski definition) is 1. The molecule has 1 spiro atoms. The molecule has 8 heteroatoms. The van der Waals surface area contributed by atoms with Crippen LogP contribution in [0.5, 0.6) is 0 Å². The maximum atomic E-state index is 9.35. The molecule has 1 saturated heterocycles. The summed E-state index contributed by atoms with van der Waals surface area (Å²) in [5, 5.41) is 9.35. The molecule has 2 aromatic carbocycles. The Hall–Kier alpha value is -3.96. The van der Waals surface area contributed by atoms with Crippen molar-refractivity contribution in [1.29, 1.82) is 5.26 Å². The largest absolute Gasteiger partial charge is 0.371 e.